The van der Waals surface area contributed by atoms with Crippen LogP contribution in [0.5, 0.6) is 0 Å². The van der Waals surface area contributed by atoms with Crippen molar-refractivity contribution < 1.29 is 13.2 Å². The predicted molar refractivity (Wildman–Crippen MR) is 60.4 cm³/mol. The third kappa shape index (κ3) is 4.49. The van der Waals surface area contributed by atoms with Crippen LogP contribution < -0.4 is 5.73 Å². The largest absolute Gasteiger partial charge is 0.381 e. The second kappa shape index (κ2) is 5.27. The highest BCUT2D eigenvalue weighted by molar-refractivity contribution is 7.91. The highest BCUT2D eigenvalue weighted by Gasteiger charge is 2.27. The van der Waals surface area contributed by atoms with E-state index in [-0.39, 0.29) is 29.4 Å². The molecule has 1 heterocycles. The maximum absolute atomic E-state index is 11.7. The summed E-state index contributed by atoms with van der Waals surface area (Å²) in [7, 11) is -3.00. The lowest BCUT2D eigenvalue weighted by atomic mass is 10.0. The average molecular weight is 235 g/mol. The summed E-state index contributed by atoms with van der Waals surface area (Å²) in [5.74, 6) is 0.710. The van der Waals surface area contributed by atoms with E-state index in [0.29, 0.717) is 13.2 Å². The Morgan fingerprint density at radius 3 is 2.53 bits per heavy atom. The number of hydrogen-bond donors (Lipinski definition) is 1. The zero-order valence-electron chi connectivity index (χ0n) is 9.48. The zero-order chi connectivity index (χ0) is 11.5. The van der Waals surface area contributed by atoms with Gasteiger partial charge in [-0.2, -0.15) is 0 Å². The van der Waals surface area contributed by atoms with Gasteiger partial charge in [-0.15, -0.1) is 0 Å². The van der Waals surface area contributed by atoms with Crippen molar-refractivity contribution in [1.29, 1.82) is 0 Å². The van der Waals surface area contributed by atoms with Crippen LogP contribution in [0.25, 0.3) is 0 Å². The molecular weight excluding hydrogens is 214 g/mol. The van der Waals surface area contributed by atoms with E-state index in [4.69, 9.17) is 10.5 Å². The molecule has 4 nitrogen and oxygen atoms in total. The quantitative estimate of drug-likeness (QED) is 0.750. The van der Waals surface area contributed by atoms with Crippen molar-refractivity contribution in [2.45, 2.75) is 26.3 Å². The van der Waals surface area contributed by atoms with Crippen LogP contribution in [0.3, 0.4) is 0 Å². The Bertz CT molecular complexity index is 281. The molecule has 1 aliphatic heterocycles. The molecule has 0 saturated carbocycles. The fraction of sp³-hybridized carbons (Fsp3) is 1.00. The number of rotatable bonds is 5. The van der Waals surface area contributed by atoms with E-state index in [1.54, 1.807) is 0 Å². The Kier molecular flexibility index (Phi) is 4.55. The first-order valence-electron chi connectivity index (χ1n) is 5.44. The summed E-state index contributed by atoms with van der Waals surface area (Å²) in [6.45, 7) is 5.13. The highest BCUT2D eigenvalue weighted by Crippen LogP contribution is 2.17. The lowest BCUT2D eigenvalue weighted by molar-refractivity contribution is 0.182. The second-order valence-electron chi connectivity index (χ2n) is 4.76. The van der Waals surface area contributed by atoms with Crippen molar-refractivity contribution in [2.24, 2.45) is 17.6 Å². The van der Waals surface area contributed by atoms with Crippen molar-refractivity contribution in [3.8, 4) is 0 Å². The van der Waals surface area contributed by atoms with Crippen LogP contribution in [0, 0.1) is 11.8 Å². The monoisotopic (exact) mass is 235 g/mol. The van der Waals surface area contributed by atoms with E-state index in [0.717, 1.165) is 6.42 Å². The van der Waals surface area contributed by atoms with Gasteiger partial charge >= 0.3 is 0 Å². The van der Waals surface area contributed by atoms with Gasteiger partial charge in [-0.1, -0.05) is 13.8 Å². The van der Waals surface area contributed by atoms with Crippen molar-refractivity contribution in [2.75, 3.05) is 24.7 Å². The van der Waals surface area contributed by atoms with Gasteiger partial charge in [0.1, 0.15) is 0 Å². The lowest BCUT2D eigenvalue weighted by Gasteiger charge is -2.18. The van der Waals surface area contributed by atoms with E-state index in [1.807, 2.05) is 13.8 Å². The molecule has 0 aromatic heterocycles. The van der Waals surface area contributed by atoms with Crippen LogP contribution in [0.2, 0.25) is 0 Å². The Balaban J connectivity index is 2.45. The number of nitrogens with two attached hydrogens (primary N) is 1. The predicted octanol–water partition coefficient (Wildman–Crippen LogP) is 0.421. The van der Waals surface area contributed by atoms with Gasteiger partial charge in [-0.3, -0.25) is 0 Å². The van der Waals surface area contributed by atoms with Crippen molar-refractivity contribution in [3.05, 3.63) is 0 Å². The van der Waals surface area contributed by atoms with E-state index < -0.39 is 9.84 Å². The molecule has 0 aromatic rings. The van der Waals surface area contributed by atoms with Gasteiger partial charge in [0.05, 0.1) is 18.1 Å². The van der Waals surface area contributed by atoms with Crippen molar-refractivity contribution in [1.82, 2.24) is 0 Å². The average Bonchev–Trinajstić information content (AvgIpc) is 2.50. The van der Waals surface area contributed by atoms with Crippen LogP contribution in [0.1, 0.15) is 20.3 Å². The summed E-state index contributed by atoms with van der Waals surface area (Å²) >= 11 is 0. The van der Waals surface area contributed by atoms with Gasteiger partial charge in [0.2, 0.25) is 0 Å². The maximum Gasteiger partial charge on any atom is 0.152 e. The van der Waals surface area contributed by atoms with Gasteiger partial charge in [0.25, 0.3) is 0 Å². The topological polar surface area (TPSA) is 69.4 Å². The van der Waals surface area contributed by atoms with Gasteiger partial charge in [0.15, 0.2) is 9.84 Å². The molecule has 2 N–H and O–H groups in total. The Morgan fingerprint density at radius 1 is 1.40 bits per heavy atom. The molecule has 0 aliphatic carbocycles. The fourth-order valence-corrected chi connectivity index (χ4v) is 3.91. The van der Waals surface area contributed by atoms with Gasteiger partial charge < -0.3 is 10.5 Å². The molecule has 0 bridgehead atoms. The van der Waals surface area contributed by atoms with Crippen LogP contribution >= 0.6 is 0 Å². The summed E-state index contributed by atoms with van der Waals surface area (Å²) in [6, 6.07) is -0.267. The summed E-state index contributed by atoms with van der Waals surface area (Å²) < 4.78 is 28.6. The van der Waals surface area contributed by atoms with Crippen LogP contribution in [0.15, 0.2) is 0 Å². The summed E-state index contributed by atoms with van der Waals surface area (Å²) in [4.78, 5) is 0. The molecule has 90 valence electrons. The normalized spacial score (nSPS) is 24.7. The first kappa shape index (κ1) is 12.9. The minimum atomic E-state index is -3.00. The lowest BCUT2D eigenvalue weighted by Crippen LogP contribution is -2.38. The molecule has 1 fully saturated rings. The van der Waals surface area contributed by atoms with Gasteiger partial charge in [-0.05, 0) is 12.3 Å². The van der Waals surface area contributed by atoms with Crippen LogP contribution in [-0.4, -0.2) is 39.2 Å². The maximum atomic E-state index is 11.7. The van der Waals surface area contributed by atoms with Crippen molar-refractivity contribution in [3.63, 3.8) is 0 Å². The molecule has 15 heavy (non-hydrogen) atoms. The standard InChI is InChI=1S/C10H21NO3S/c1-8(2)6-15(12,13)7-10(11)9-3-4-14-5-9/h8-10H,3-7,11H2,1-2H3. The minimum absolute atomic E-state index is 0.0964. The van der Waals surface area contributed by atoms with E-state index in [1.165, 1.54) is 0 Å². The Morgan fingerprint density at radius 2 is 2.07 bits per heavy atom. The molecular formula is C10H21NO3S. The molecule has 0 aromatic carbocycles. The first-order chi connectivity index (χ1) is 6.91. The summed E-state index contributed by atoms with van der Waals surface area (Å²) in [6.07, 6.45) is 0.887. The van der Waals surface area contributed by atoms with Crippen LogP contribution in [-0.2, 0) is 14.6 Å². The molecule has 1 rings (SSSR count). The minimum Gasteiger partial charge on any atom is -0.381 e. The molecule has 0 spiro atoms. The highest BCUT2D eigenvalue weighted by atomic mass is 32.2. The molecule has 5 heteroatoms. The zero-order valence-corrected chi connectivity index (χ0v) is 10.3. The number of ether oxygens (including phenoxy) is 1. The van der Waals surface area contributed by atoms with E-state index in [2.05, 4.69) is 0 Å². The van der Waals surface area contributed by atoms with E-state index >= 15 is 0 Å². The molecule has 1 aliphatic rings. The third-order valence-corrected chi connectivity index (χ3v) is 4.67. The number of sulfone groups is 1. The molecule has 0 amide bonds. The first-order valence-corrected chi connectivity index (χ1v) is 7.26. The van der Waals surface area contributed by atoms with Gasteiger partial charge in [-0.25, -0.2) is 8.42 Å². The third-order valence-electron chi connectivity index (χ3n) is 2.60. The van der Waals surface area contributed by atoms with Gasteiger partial charge in [0, 0.05) is 18.6 Å². The molecule has 1 saturated heterocycles. The Labute approximate surface area is 92.1 Å². The summed E-state index contributed by atoms with van der Waals surface area (Å²) in [5.41, 5.74) is 5.88. The van der Waals surface area contributed by atoms with E-state index in [9.17, 15) is 8.42 Å². The fourth-order valence-electron chi connectivity index (χ4n) is 1.90. The second-order valence-corrected chi connectivity index (χ2v) is 6.91. The molecule has 2 unspecified atom stereocenters. The van der Waals surface area contributed by atoms with Crippen molar-refractivity contribution >= 4 is 9.84 Å². The van der Waals surface area contributed by atoms with Crippen LogP contribution in [0.4, 0.5) is 0 Å². The Hall–Kier alpha value is -0.130. The molecule has 0 radical (unpaired) electrons. The smallest absolute Gasteiger partial charge is 0.152 e. The SMILES string of the molecule is CC(C)CS(=O)(=O)CC(N)C1CCOC1. The number of hydrogen-bond acceptors (Lipinski definition) is 4. The molecule has 2 atom stereocenters. The summed E-state index contributed by atoms with van der Waals surface area (Å²) in [5, 5.41) is 0.